The van der Waals surface area contributed by atoms with Gasteiger partial charge >= 0.3 is 0 Å². The molecule has 1 heterocycles. The second-order valence-corrected chi connectivity index (χ2v) is 4.76. The van der Waals surface area contributed by atoms with Gasteiger partial charge in [0, 0.05) is 32.2 Å². The molecular weight excluding hydrogens is 295 g/mol. The average Bonchev–Trinajstić information content (AvgIpc) is 2.42. The summed E-state index contributed by atoms with van der Waals surface area (Å²) in [5.41, 5.74) is 1.29. The molecule has 1 atom stereocenters. The van der Waals surface area contributed by atoms with E-state index in [4.69, 9.17) is 0 Å². The van der Waals surface area contributed by atoms with Crippen molar-refractivity contribution in [2.45, 2.75) is 18.9 Å². The molecule has 0 aromatic heterocycles. The summed E-state index contributed by atoms with van der Waals surface area (Å²) in [6, 6.07) is 8.05. The zero-order valence-electron chi connectivity index (χ0n) is 11.6. The number of halogens is 2. The van der Waals surface area contributed by atoms with Gasteiger partial charge in [-0.3, -0.25) is 4.90 Å². The molecule has 2 rings (SSSR count). The summed E-state index contributed by atoms with van der Waals surface area (Å²) in [5.74, 6) is 0.335. The Labute approximate surface area is 133 Å². The highest BCUT2D eigenvalue weighted by atomic mass is 35.5. The van der Waals surface area contributed by atoms with Crippen LogP contribution >= 0.6 is 24.8 Å². The summed E-state index contributed by atoms with van der Waals surface area (Å²) in [6.45, 7) is 8.10. The van der Waals surface area contributed by atoms with E-state index in [1.807, 2.05) is 18.2 Å². The van der Waals surface area contributed by atoms with Crippen LogP contribution < -0.4 is 5.32 Å². The number of nitrogens with zero attached hydrogens (tertiary/aromatic N) is 1. The molecule has 114 valence electrons. The van der Waals surface area contributed by atoms with Crippen molar-refractivity contribution in [3.05, 3.63) is 42.5 Å². The molecule has 0 amide bonds. The van der Waals surface area contributed by atoms with Crippen molar-refractivity contribution in [3.8, 4) is 5.75 Å². The Balaban J connectivity index is 0.00000180. The maximum atomic E-state index is 9.39. The molecule has 0 bridgehead atoms. The van der Waals surface area contributed by atoms with Gasteiger partial charge in [-0.05, 0) is 30.5 Å². The van der Waals surface area contributed by atoms with Gasteiger partial charge in [-0.25, -0.2) is 0 Å². The Hall–Kier alpha value is -0.740. The van der Waals surface area contributed by atoms with Gasteiger partial charge in [0.2, 0.25) is 0 Å². The van der Waals surface area contributed by atoms with Crippen molar-refractivity contribution < 1.29 is 5.11 Å². The lowest BCUT2D eigenvalue weighted by Gasteiger charge is -2.35. The van der Waals surface area contributed by atoms with Crippen LogP contribution in [0.1, 0.15) is 24.4 Å². The standard InChI is InChI=1S/C15H22N2O.2ClH/c1-2-3-4-15(17-11-9-16-10-12-17)13-5-7-14(18)8-6-13;;/h2,5-8,15-16,18H,1,3-4,9-12H2;2*1H/t15-;;/m1../s1. The third kappa shape index (κ3) is 5.33. The predicted octanol–water partition coefficient (Wildman–Crippen LogP) is 3.15. The number of phenols is 1. The number of allylic oxidation sites excluding steroid dienone is 1. The average molecular weight is 319 g/mol. The molecule has 1 saturated heterocycles. The summed E-state index contributed by atoms with van der Waals surface area (Å²) >= 11 is 0. The van der Waals surface area contributed by atoms with Crippen LogP contribution in [0.4, 0.5) is 0 Å². The van der Waals surface area contributed by atoms with E-state index >= 15 is 0 Å². The highest BCUT2D eigenvalue weighted by Gasteiger charge is 2.21. The molecule has 1 aromatic carbocycles. The number of hydrogen-bond acceptors (Lipinski definition) is 3. The predicted molar refractivity (Wildman–Crippen MR) is 89.2 cm³/mol. The Kier molecular flexibility index (Phi) is 9.68. The van der Waals surface area contributed by atoms with Crippen molar-refractivity contribution in [2.75, 3.05) is 26.2 Å². The molecule has 0 saturated carbocycles. The maximum absolute atomic E-state index is 9.39. The summed E-state index contributed by atoms with van der Waals surface area (Å²) in [6.07, 6.45) is 4.10. The minimum atomic E-state index is 0. The zero-order valence-corrected chi connectivity index (χ0v) is 13.3. The summed E-state index contributed by atoms with van der Waals surface area (Å²) < 4.78 is 0. The minimum Gasteiger partial charge on any atom is -0.508 e. The highest BCUT2D eigenvalue weighted by molar-refractivity contribution is 5.85. The molecule has 20 heavy (non-hydrogen) atoms. The SMILES string of the molecule is C=CCC[C@H](c1ccc(O)cc1)N1CCNCC1.Cl.Cl. The topological polar surface area (TPSA) is 35.5 Å². The van der Waals surface area contributed by atoms with Gasteiger partial charge in [-0.15, -0.1) is 31.4 Å². The maximum Gasteiger partial charge on any atom is 0.115 e. The largest absolute Gasteiger partial charge is 0.508 e. The van der Waals surface area contributed by atoms with Gasteiger partial charge in [-0.1, -0.05) is 18.2 Å². The minimum absolute atomic E-state index is 0. The summed E-state index contributed by atoms with van der Waals surface area (Å²) in [4.78, 5) is 2.52. The lowest BCUT2D eigenvalue weighted by molar-refractivity contribution is 0.166. The molecule has 0 unspecified atom stereocenters. The van der Waals surface area contributed by atoms with Crippen LogP contribution in [0.2, 0.25) is 0 Å². The van der Waals surface area contributed by atoms with Crippen LogP contribution in [0.15, 0.2) is 36.9 Å². The molecule has 2 N–H and O–H groups in total. The molecule has 0 radical (unpaired) electrons. The van der Waals surface area contributed by atoms with E-state index in [0.29, 0.717) is 11.8 Å². The first-order valence-corrected chi connectivity index (χ1v) is 6.66. The fraction of sp³-hybridized carbons (Fsp3) is 0.467. The number of benzene rings is 1. The Morgan fingerprint density at radius 1 is 1.20 bits per heavy atom. The second-order valence-electron chi connectivity index (χ2n) is 4.76. The van der Waals surface area contributed by atoms with E-state index in [1.165, 1.54) is 5.56 Å². The highest BCUT2D eigenvalue weighted by Crippen LogP contribution is 2.27. The van der Waals surface area contributed by atoms with Crippen LogP contribution in [0.3, 0.4) is 0 Å². The normalized spacial score (nSPS) is 16.6. The van der Waals surface area contributed by atoms with Gasteiger partial charge in [-0.2, -0.15) is 0 Å². The number of phenolic OH excluding ortho intramolecular Hbond substituents is 1. The third-order valence-corrected chi connectivity index (χ3v) is 3.51. The van der Waals surface area contributed by atoms with Crippen LogP contribution in [0.5, 0.6) is 5.75 Å². The molecular formula is C15H24Cl2N2O. The van der Waals surface area contributed by atoms with Crippen LogP contribution in [-0.2, 0) is 0 Å². The Morgan fingerprint density at radius 2 is 1.80 bits per heavy atom. The molecule has 1 aliphatic rings. The van der Waals surface area contributed by atoms with Crippen LogP contribution in [0, 0.1) is 0 Å². The first-order chi connectivity index (χ1) is 8.81. The summed E-state index contributed by atoms with van der Waals surface area (Å²) in [7, 11) is 0. The monoisotopic (exact) mass is 318 g/mol. The quantitative estimate of drug-likeness (QED) is 0.819. The van der Waals surface area contributed by atoms with E-state index in [9.17, 15) is 5.11 Å². The van der Waals surface area contributed by atoms with Gasteiger partial charge in [0.05, 0.1) is 0 Å². The lowest BCUT2D eigenvalue weighted by atomic mass is 9.99. The number of nitrogens with one attached hydrogen (secondary N) is 1. The van der Waals surface area contributed by atoms with Crippen molar-refractivity contribution >= 4 is 24.8 Å². The Bertz CT molecular complexity index is 378. The molecule has 1 aromatic rings. The smallest absolute Gasteiger partial charge is 0.115 e. The first kappa shape index (κ1) is 19.3. The van der Waals surface area contributed by atoms with E-state index in [0.717, 1.165) is 39.0 Å². The van der Waals surface area contributed by atoms with Crippen LogP contribution in [-0.4, -0.2) is 36.2 Å². The van der Waals surface area contributed by atoms with Crippen molar-refractivity contribution in [2.24, 2.45) is 0 Å². The van der Waals surface area contributed by atoms with Gasteiger partial charge in [0.1, 0.15) is 5.75 Å². The number of rotatable bonds is 5. The second kappa shape index (κ2) is 10.1. The fourth-order valence-electron chi connectivity index (χ4n) is 2.53. The number of aromatic hydroxyl groups is 1. The van der Waals surface area contributed by atoms with Crippen LogP contribution in [0.25, 0.3) is 0 Å². The fourth-order valence-corrected chi connectivity index (χ4v) is 2.53. The molecule has 0 aliphatic carbocycles. The first-order valence-electron chi connectivity index (χ1n) is 6.66. The van der Waals surface area contributed by atoms with Gasteiger partial charge in [0.25, 0.3) is 0 Å². The molecule has 0 spiro atoms. The van der Waals surface area contributed by atoms with E-state index in [-0.39, 0.29) is 24.8 Å². The van der Waals surface area contributed by atoms with E-state index in [1.54, 1.807) is 12.1 Å². The number of piperazine rings is 1. The number of hydrogen-bond donors (Lipinski definition) is 2. The Morgan fingerprint density at radius 3 is 2.35 bits per heavy atom. The van der Waals surface area contributed by atoms with E-state index < -0.39 is 0 Å². The van der Waals surface area contributed by atoms with Gasteiger partial charge < -0.3 is 10.4 Å². The van der Waals surface area contributed by atoms with Crippen molar-refractivity contribution in [1.82, 2.24) is 10.2 Å². The molecule has 1 fully saturated rings. The lowest BCUT2D eigenvalue weighted by Crippen LogP contribution is -2.45. The van der Waals surface area contributed by atoms with E-state index in [2.05, 4.69) is 16.8 Å². The third-order valence-electron chi connectivity index (χ3n) is 3.51. The molecule has 5 heteroatoms. The molecule has 1 aliphatic heterocycles. The summed E-state index contributed by atoms with van der Waals surface area (Å²) in [5, 5.41) is 12.8. The van der Waals surface area contributed by atoms with Crippen molar-refractivity contribution in [3.63, 3.8) is 0 Å². The zero-order chi connectivity index (χ0) is 12.8. The van der Waals surface area contributed by atoms with Gasteiger partial charge in [0.15, 0.2) is 0 Å². The molecule has 3 nitrogen and oxygen atoms in total. The van der Waals surface area contributed by atoms with Crippen molar-refractivity contribution in [1.29, 1.82) is 0 Å².